The first-order chi connectivity index (χ1) is 13.2. The van der Waals surface area contributed by atoms with Gasteiger partial charge in [-0.05, 0) is 30.3 Å². The number of nitrogens with zero attached hydrogens (tertiary/aromatic N) is 3. The van der Waals surface area contributed by atoms with Gasteiger partial charge in [-0.15, -0.1) is 11.3 Å². The second-order valence-electron chi connectivity index (χ2n) is 6.55. The molecular weight excluding hydrogens is 378 g/mol. The van der Waals surface area contributed by atoms with Crippen LogP contribution in [0.4, 0.5) is 0 Å². The molecule has 1 aliphatic rings. The lowest BCUT2D eigenvalue weighted by atomic mass is 10.2. The lowest BCUT2D eigenvalue weighted by Crippen LogP contribution is -2.48. The number of hydrogen-bond acceptors (Lipinski definition) is 4. The highest BCUT2D eigenvalue weighted by molar-refractivity contribution is 7.15. The normalized spacial score (nSPS) is 15.1. The quantitative estimate of drug-likeness (QED) is 0.653. The number of rotatable bonds is 4. The van der Waals surface area contributed by atoms with Gasteiger partial charge >= 0.3 is 0 Å². The Morgan fingerprint density at radius 2 is 1.74 bits per heavy atom. The van der Waals surface area contributed by atoms with E-state index in [4.69, 9.17) is 11.6 Å². The zero-order valence-electron chi connectivity index (χ0n) is 14.8. The van der Waals surface area contributed by atoms with Gasteiger partial charge in [0, 0.05) is 71.0 Å². The number of benzene rings is 1. The highest BCUT2D eigenvalue weighted by atomic mass is 35.5. The number of pyridine rings is 1. The molecule has 1 aliphatic heterocycles. The summed E-state index contributed by atoms with van der Waals surface area (Å²) in [6.45, 7) is 4.19. The molecule has 1 amide bonds. The van der Waals surface area contributed by atoms with Gasteiger partial charge in [0.25, 0.3) is 5.91 Å². The Kier molecular flexibility index (Phi) is 5.53. The summed E-state index contributed by atoms with van der Waals surface area (Å²) < 4.78 is 0. The van der Waals surface area contributed by atoms with Crippen molar-refractivity contribution < 1.29 is 4.79 Å². The molecule has 0 radical (unpaired) electrons. The highest BCUT2D eigenvalue weighted by Crippen LogP contribution is 2.33. The van der Waals surface area contributed by atoms with Gasteiger partial charge in [-0.3, -0.25) is 14.7 Å². The average molecular weight is 398 g/mol. The zero-order valence-corrected chi connectivity index (χ0v) is 16.4. The molecule has 3 heterocycles. The molecule has 0 spiro atoms. The molecule has 3 aromatic rings. The van der Waals surface area contributed by atoms with Crippen LogP contribution < -0.4 is 0 Å². The van der Waals surface area contributed by atoms with E-state index in [1.807, 2.05) is 23.1 Å². The third kappa shape index (κ3) is 4.21. The first-order valence-electron chi connectivity index (χ1n) is 8.96. The minimum absolute atomic E-state index is 0.0918. The number of hydrogen-bond donors (Lipinski definition) is 0. The number of halogens is 1. The second kappa shape index (κ2) is 8.21. The molecule has 4 nitrogen and oxygen atoms in total. The van der Waals surface area contributed by atoms with E-state index in [-0.39, 0.29) is 5.91 Å². The van der Waals surface area contributed by atoms with Gasteiger partial charge in [0.2, 0.25) is 0 Å². The second-order valence-corrected chi connectivity index (χ2v) is 8.13. The van der Waals surface area contributed by atoms with Crippen molar-refractivity contribution in [2.24, 2.45) is 0 Å². The van der Waals surface area contributed by atoms with Crippen LogP contribution in [-0.4, -0.2) is 46.9 Å². The standard InChI is InChI=1S/C21H20ClN3OS/c22-19-4-2-1-3-18(19)20-6-5-17(27-20)15-24-11-13-25(14-12-24)21(26)16-7-9-23-10-8-16/h1-10H,11-15H2. The molecule has 0 saturated carbocycles. The summed E-state index contributed by atoms with van der Waals surface area (Å²) in [6.07, 6.45) is 3.33. The lowest BCUT2D eigenvalue weighted by Gasteiger charge is -2.34. The average Bonchev–Trinajstić information content (AvgIpc) is 3.17. The van der Waals surface area contributed by atoms with E-state index in [1.54, 1.807) is 35.9 Å². The van der Waals surface area contributed by atoms with Crippen molar-refractivity contribution in [2.45, 2.75) is 6.54 Å². The van der Waals surface area contributed by atoms with Crippen LogP contribution in [0.2, 0.25) is 5.02 Å². The van der Waals surface area contributed by atoms with Crippen molar-refractivity contribution in [3.8, 4) is 10.4 Å². The monoisotopic (exact) mass is 397 g/mol. The molecule has 0 N–H and O–H groups in total. The van der Waals surface area contributed by atoms with Gasteiger partial charge in [-0.25, -0.2) is 0 Å². The third-order valence-electron chi connectivity index (χ3n) is 4.77. The summed E-state index contributed by atoms with van der Waals surface area (Å²) in [5.74, 6) is 0.0918. The Bertz CT molecular complexity index is 920. The Hall–Kier alpha value is -2.21. The summed E-state index contributed by atoms with van der Waals surface area (Å²) in [5, 5.41) is 0.786. The maximum Gasteiger partial charge on any atom is 0.254 e. The SMILES string of the molecule is O=C(c1ccncc1)N1CCN(Cc2ccc(-c3ccccc3Cl)s2)CC1. The zero-order chi connectivity index (χ0) is 18.6. The maximum atomic E-state index is 12.5. The minimum Gasteiger partial charge on any atom is -0.336 e. The number of carbonyl (C=O) groups is 1. The molecule has 0 aliphatic carbocycles. The molecule has 138 valence electrons. The Morgan fingerprint density at radius 1 is 1.00 bits per heavy atom. The van der Waals surface area contributed by atoms with Gasteiger partial charge in [-0.1, -0.05) is 29.8 Å². The summed E-state index contributed by atoms with van der Waals surface area (Å²) >= 11 is 8.10. The Morgan fingerprint density at radius 3 is 2.48 bits per heavy atom. The summed E-state index contributed by atoms with van der Waals surface area (Å²) in [5.41, 5.74) is 1.80. The molecular formula is C21H20ClN3OS. The number of carbonyl (C=O) groups excluding carboxylic acids is 1. The summed E-state index contributed by atoms with van der Waals surface area (Å²) in [4.78, 5) is 23.3. The van der Waals surface area contributed by atoms with E-state index >= 15 is 0 Å². The van der Waals surface area contributed by atoms with Crippen LogP contribution in [0.5, 0.6) is 0 Å². The van der Waals surface area contributed by atoms with Crippen molar-refractivity contribution in [1.82, 2.24) is 14.8 Å². The van der Waals surface area contributed by atoms with Crippen molar-refractivity contribution in [2.75, 3.05) is 26.2 Å². The lowest BCUT2D eigenvalue weighted by molar-refractivity contribution is 0.0629. The molecule has 27 heavy (non-hydrogen) atoms. The topological polar surface area (TPSA) is 36.4 Å². The van der Waals surface area contributed by atoms with E-state index in [0.29, 0.717) is 5.56 Å². The molecule has 1 aromatic carbocycles. The molecule has 0 unspecified atom stereocenters. The number of amides is 1. The number of aromatic nitrogens is 1. The van der Waals surface area contributed by atoms with Crippen molar-refractivity contribution >= 4 is 28.8 Å². The van der Waals surface area contributed by atoms with Crippen molar-refractivity contribution in [3.63, 3.8) is 0 Å². The Labute approximate surface area is 168 Å². The first kappa shape index (κ1) is 18.2. The predicted molar refractivity (Wildman–Crippen MR) is 110 cm³/mol. The summed E-state index contributed by atoms with van der Waals surface area (Å²) in [7, 11) is 0. The molecule has 4 rings (SSSR count). The third-order valence-corrected chi connectivity index (χ3v) is 6.20. The van der Waals surface area contributed by atoms with Gasteiger partial charge in [0.05, 0.1) is 0 Å². The van der Waals surface area contributed by atoms with Gasteiger partial charge in [0.15, 0.2) is 0 Å². The van der Waals surface area contributed by atoms with Crippen LogP contribution in [0.25, 0.3) is 10.4 Å². The van der Waals surface area contributed by atoms with E-state index in [1.165, 1.54) is 9.75 Å². The fourth-order valence-corrected chi connectivity index (χ4v) is 4.66. The smallest absolute Gasteiger partial charge is 0.254 e. The minimum atomic E-state index is 0.0918. The first-order valence-corrected chi connectivity index (χ1v) is 10.2. The van der Waals surface area contributed by atoms with Gasteiger partial charge in [0.1, 0.15) is 0 Å². The number of piperazine rings is 1. The van der Waals surface area contributed by atoms with Crippen LogP contribution in [0.3, 0.4) is 0 Å². The molecule has 0 bridgehead atoms. The number of thiophene rings is 1. The van der Waals surface area contributed by atoms with E-state index < -0.39 is 0 Å². The molecule has 6 heteroatoms. The van der Waals surface area contributed by atoms with E-state index in [2.05, 4.69) is 28.1 Å². The molecule has 2 aromatic heterocycles. The molecule has 1 saturated heterocycles. The van der Waals surface area contributed by atoms with Gasteiger partial charge < -0.3 is 4.90 Å². The van der Waals surface area contributed by atoms with Crippen LogP contribution >= 0.6 is 22.9 Å². The van der Waals surface area contributed by atoms with Crippen LogP contribution in [0, 0.1) is 0 Å². The highest BCUT2D eigenvalue weighted by Gasteiger charge is 2.22. The van der Waals surface area contributed by atoms with Gasteiger partial charge in [-0.2, -0.15) is 0 Å². The van der Waals surface area contributed by atoms with Crippen LogP contribution in [-0.2, 0) is 6.54 Å². The fourth-order valence-electron chi connectivity index (χ4n) is 3.28. The summed E-state index contributed by atoms with van der Waals surface area (Å²) in [6, 6.07) is 15.8. The fraction of sp³-hybridized carbons (Fsp3) is 0.238. The van der Waals surface area contributed by atoms with Crippen LogP contribution in [0.15, 0.2) is 60.9 Å². The van der Waals surface area contributed by atoms with Crippen LogP contribution in [0.1, 0.15) is 15.2 Å². The van der Waals surface area contributed by atoms with E-state index in [0.717, 1.165) is 43.3 Å². The Balaban J connectivity index is 1.35. The predicted octanol–water partition coefficient (Wildman–Crippen LogP) is 4.42. The molecule has 0 atom stereocenters. The maximum absolute atomic E-state index is 12.5. The largest absolute Gasteiger partial charge is 0.336 e. The van der Waals surface area contributed by atoms with Crippen molar-refractivity contribution in [3.05, 3.63) is 76.4 Å². The molecule has 1 fully saturated rings. The van der Waals surface area contributed by atoms with E-state index in [9.17, 15) is 4.79 Å². The van der Waals surface area contributed by atoms with Crippen molar-refractivity contribution in [1.29, 1.82) is 0 Å².